The first-order valence-electron chi connectivity index (χ1n) is 9.39. The number of nitrogens with one attached hydrogen (secondary N) is 1. The summed E-state index contributed by atoms with van der Waals surface area (Å²) in [5.74, 6) is -0.137. The van der Waals surface area contributed by atoms with Crippen LogP contribution in [0, 0.1) is 0 Å². The normalized spacial score (nSPS) is 13.7. The third kappa shape index (κ3) is 3.80. The minimum Gasteiger partial charge on any atom is -0.496 e. The van der Waals surface area contributed by atoms with Gasteiger partial charge in [-0.05, 0) is 35.9 Å². The molecule has 0 fully saturated rings. The Bertz CT molecular complexity index is 1120. The third-order valence-corrected chi connectivity index (χ3v) is 5.12. The van der Waals surface area contributed by atoms with Crippen LogP contribution in [0.1, 0.15) is 11.1 Å². The van der Waals surface area contributed by atoms with Gasteiger partial charge in [-0.25, -0.2) is 0 Å². The monoisotopic (exact) mass is 418 g/mol. The zero-order chi connectivity index (χ0) is 21.1. The lowest BCUT2D eigenvalue weighted by Gasteiger charge is -2.17. The highest BCUT2D eigenvalue weighted by molar-refractivity contribution is 6.36. The first-order valence-corrected chi connectivity index (χ1v) is 9.76. The van der Waals surface area contributed by atoms with E-state index in [4.69, 9.17) is 16.3 Å². The Kier molecular flexibility index (Phi) is 5.55. The number of anilines is 1. The van der Waals surface area contributed by atoms with Crippen molar-refractivity contribution in [2.75, 3.05) is 12.4 Å². The maximum Gasteiger partial charge on any atom is 0.278 e. The molecule has 150 valence electrons. The molecule has 6 heteroatoms. The Balaban J connectivity index is 1.74. The summed E-state index contributed by atoms with van der Waals surface area (Å²) < 4.78 is 5.38. The van der Waals surface area contributed by atoms with Crippen LogP contribution in [-0.4, -0.2) is 23.8 Å². The summed E-state index contributed by atoms with van der Waals surface area (Å²) in [5, 5.41) is 3.69. The number of hydrogen-bond donors (Lipinski definition) is 1. The Morgan fingerprint density at radius 2 is 1.53 bits per heavy atom. The van der Waals surface area contributed by atoms with Crippen LogP contribution in [0.5, 0.6) is 5.75 Å². The van der Waals surface area contributed by atoms with Crippen molar-refractivity contribution in [1.29, 1.82) is 0 Å². The minimum atomic E-state index is -0.389. The first-order chi connectivity index (χ1) is 14.6. The largest absolute Gasteiger partial charge is 0.496 e. The van der Waals surface area contributed by atoms with E-state index in [-0.39, 0.29) is 24.1 Å². The van der Waals surface area contributed by atoms with Crippen LogP contribution in [-0.2, 0) is 16.1 Å². The van der Waals surface area contributed by atoms with Gasteiger partial charge in [0.05, 0.1) is 19.2 Å². The fourth-order valence-corrected chi connectivity index (χ4v) is 3.52. The second-order valence-electron chi connectivity index (χ2n) is 6.76. The molecule has 0 aromatic heterocycles. The molecule has 2 amide bonds. The highest BCUT2D eigenvalue weighted by Crippen LogP contribution is 2.33. The van der Waals surface area contributed by atoms with Gasteiger partial charge in [0.15, 0.2) is 0 Å². The van der Waals surface area contributed by atoms with E-state index in [0.717, 1.165) is 11.3 Å². The minimum absolute atomic E-state index is 0.110. The van der Waals surface area contributed by atoms with Crippen LogP contribution in [0.4, 0.5) is 5.69 Å². The van der Waals surface area contributed by atoms with Gasteiger partial charge in [0.25, 0.3) is 11.8 Å². The van der Waals surface area contributed by atoms with Crippen LogP contribution < -0.4 is 10.1 Å². The number of hydrogen-bond acceptors (Lipinski definition) is 4. The second-order valence-corrected chi connectivity index (χ2v) is 7.19. The van der Waals surface area contributed by atoms with Crippen molar-refractivity contribution in [1.82, 2.24) is 4.90 Å². The lowest BCUT2D eigenvalue weighted by Crippen LogP contribution is -2.32. The van der Waals surface area contributed by atoms with E-state index in [2.05, 4.69) is 5.32 Å². The molecule has 0 atom stereocenters. The molecule has 0 radical (unpaired) electrons. The molecule has 0 unspecified atom stereocenters. The average Bonchev–Trinajstić information content (AvgIpc) is 3.00. The highest BCUT2D eigenvalue weighted by atomic mass is 35.5. The molecule has 0 bridgehead atoms. The van der Waals surface area contributed by atoms with Gasteiger partial charge in [-0.3, -0.25) is 14.5 Å². The number of para-hydroxylation sites is 2. The summed E-state index contributed by atoms with van der Waals surface area (Å²) in [5.41, 5.74) is 2.65. The zero-order valence-corrected chi connectivity index (χ0v) is 17.0. The van der Waals surface area contributed by atoms with Crippen molar-refractivity contribution >= 4 is 34.7 Å². The van der Waals surface area contributed by atoms with Crippen LogP contribution in [0.3, 0.4) is 0 Å². The van der Waals surface area contributed by atoms with E-state index < -0.39 is 0 Å². The van der Waals surface area contributed by atoms with Crippen molar-refractivity contribution in [3.8, 4) is 5.75 Å². The predicted octanol–water partition coefficient (Wildman–Crippen LogP) is 4.74. The van der Waals surface area contributed by atoms with Gasteiger partial charge in [0, 0.05) is 16.3 Å². The number of benzene rings is 3. The number of carbonyl (C=O) groups excluding carboxylic acids is 2. The predicted molar refractivity (Wildman–Crippen MR) is 117 cm³/mol. The maximum atomic E-state index is 13.3. The van der Waals surface area contributed by atoms with Gasteiger partial charge in [-0.15, -0.1) is 0 Å². The Morgan fingerprint density at radius 1 is 0.867 bits per heavy atom. The lowest BCUT2D eigenvalue weighted by molar-refractivity contribution is -0.137. The third-order valence-electron chi connectivity index (χ3n) is 4.87. The number of rotatable bonds is 6. The summed E-state index contributed by atoms with van der Waals surface area (Å²) in [6.45, 7) is 0.110. The quantitative estimate of drug-likeness (QED) is 0.587. The van der Waals surface area contributed by atoms with Crippen LogP contribution in [0.15, 0.2) is 84.6 Å². The van der Waals surface area contributed by atoms with Gasteiger partial charge in [0.2, 0.25) is 0 Å². The summed E-state index contributed by atoms with van der Waals surface area (Å²) in [6.07, 6.45) is 0. The second kappa shape index (κ2) is 8.43. The average molecular weight is 419 g/mol. The van der Waals surface area contributed by atoms with E-state index in [1.54, 1.807) is 37.4 Å². The van der Waals surface area contributed by atoms with Gasteiger partial charge in [-0.1, -0.05) is 60.1 Å². The Hall–Kier alpha value is -3.57. The molecule has 0 saturated carbocycles. The number of carbonyl (C=O) groups is 2. The van der Waals surface area contributed by atoms with Gasteiger partial charge in [0.1, 0.15) is 11.4 Å². The lowest BCUT2D eigenvalue weighted by atomic mass is 10.0. The van der Waals surface area contributed by atoms with E-state index >= 15 is 0 Å². The van der Waals surface area contributed by atoms with Crippen LogP contribution >= 0.6 is 11.6 Å². The number of amides is 2. The number of methoxy groups -OCH3 is 1. The van der Waals surface area contributed by atoms with Crippen molar-refractivity contribution in [3.63, 3.8) is 0 Å². The summed E-state index contributed by atoms with van der Waals surface area (Å²) >= 11 is 6.01. The van der Waals surface area contributed by atoms with Crippen molar-refractivity contribution in [2.24, 2.45) is 0 Å². The first kappa shape index (κ1) is 19.7. The molecule has 1 aliphatic heterocycles. The molecule has 1 heterocycles. The van der Waals surface area contributed by atoms with Crippen molar-refractivity contribution < 1.29 is 14.3 Å². The molecular weight excluding hydrogens is 400 g/mol. The molecule has 1 aliphatic rings. The molecule has 4 rings (SSSR count). The van der Waals surface area contributed by atoms with Gasteiger partial charge >= 0.3 is 0 Å². The Morgan fingerprint density at radius 3 is 2.23 bits per heavy atom. The molecule has 0 aliphatic carbocycles. The zero-order valence-electron chi connectivity index (χ0n) is 16.3. The van der Waals surface area contributed by atoms with E-state index in [0.29, 0.717) is 21.9 Å². The Labute approximate surface area is 179 Å². The molecule has 3 aromatic carbocycles. The molecule has 5 nitrogen and oxygen atoms in total. The number of halogens is 1. The number of nitrogens with zero attached hydrogens (tertiary/aromatic N) is 1. The van der Waals surface area contributed by atoms with E-state index in [9.17, 15) is 9.59 Å². The maximum absolute atomic E-state index is 13.3. The summed E-state index contributed by atoms with van der Waals surface area (Å²) in [6, 6.07) is 23.5. The number of ether oxygens (including phenoxy) is 1. The van der Waals surface area contributed by atoms with E-state index in [1.807, 2.05) is 48.5 Å². The summed E-state index contributed by atoms with van der Waals surface area (Å²) in [4.78, 5) is 27.9. The summed E-state index contributed by atoms with van der Waals surface area (Å²) in [7, 11) is 1.56. The standard InChI is InChI=1S/C24H19ClN2O3/c1-30-20-10-6-5-7-17(20)15-27-23(28)21(16-11-13-18(25)14-12-16)22(24(27)29)26-19-8-3-2-4-9-19/h2-14,26H,15H2,1H3. The fraction of sp³-hybridized carbons (Fsp3) is 0.0833. The van der Waals surface area contributed by atoms with Crippen LogP contribution in [0.2, 0.25) is 5.02 Å². The highest BCUT2D eigenvalue weighted by Gasteiger charge is 2.39. The van der Waals surface area contributed by atoms with Crippen molar-refractivity contribution in [3.05, 3.63) is 101 Å². The molecule has 3 aromatic rings. The molecule has 0 spiro atoms. The molecule has 0 saturated heterocycles. The SMILES string of the molecule is COc1ccccc1CN1C(=O)C(Nc2ccccc2)=C(c2ccc(Cl)cc2)C1=O. The van der Waals surface area contributed by atoms with Crippen molar-refractivity contribution in [2.45, 2.75) is 6.54 Å². The van der Waals surface area contributed by atoms with Crippen LogP contribution in [0.25, 0.3) is 5.57 Å². The fourth-order valence-electron chi connectivity index (χ4n) is 3.39. The smallest absolute Gasteiger partial charge is 0.278 e. The molecule has 1 N–H and O–H groups in total. The number of imide groups is 1. The van der Waals surface area contributed by atoms with Gasteiger partial charge < -0.3 is 10.1 Å². The molecule has 30 heavy (non-hydrogen) atoms. The van der Waals surface area contributed by atoms with E-state index in [1.165, 1.54) is 4.90 Å². The molecular formula is C24H19ClN2O3. The topological polar surface area (TPSA) is 58.6 Å². The van der Waals surface area contributed by atoms with Gasteiger partial charge in [-0.2, -0.15) is 0 Å².